The number of anilines is 1. The molecule has 1 amide bonds. The minimum atomic E-state index is -0.946. The molecule has 4 N–H and O–H groups in total. The Morgan fingerprint density at radius 1 is 0.889 bits per heavy atom. The van der Waals surface area contributed by atoms with Crippen LogP contribution in [0.5, 0.6) is 0 Å². The monoisotopic (exact) mass is 360 g/mol. The lowest BCUT2D eigenvalue weighted by atomic mass is 10.0. The number of aliphatic carboxylic acids is 1. The molecule has 0 saturated heterocycles. The highest BCUT2D eigenvalue weighted by Gasteiger charge is 2.12. The first-order valence-corrected chi connectivity index (χ1v) is 8.57. The van der Waals surface area contributed by atoms with E-state index in [1.54, 1.807) is 30.3 Å². The molecule has 0 aromatic heterocycles. The summed E-state index contributed by atoms with van der Waals surface area (Å²) < 4.78 is 0. The van der Waals surface area contributed by atoms with Crippen molar-refractivity contribution in [3.63, 3.8) is 0 Å². The maximum absolute atomic E-state index is 12.7. The number of benzene rings is 3. The fourth-order valence-electron chi connectivity index (χ4n) is 2.87. The van der Waals surface area contributed by atoms with Crippen molar-refractivity contribution in [3.8, 4) is 11.1 Å². The Morgan fingerprint density at radius 3 is 2.33 bits per heavy atom. The Kier molecular flexibility index (Phi) is 5.64. The van der Waals surface area contributed by atoms with Crippen molar-refractivity contribution < 1.29 is 14.7 Å². The average Bonchev–Trinajstić information content (AvgIpc) is 2.69. The van der Waals surface area contributed by atoms with Gasteiger partial charge in [-0.25, -0.2) is 0 Å². The molecule has 0 unspecified atom stereocenters. The van der Waals surface area contributed by atoms with Crippen molar-refractivity contribution in [3.05, 3.63) is 89.5 Å². The average molecular weight is 360 g/mol. The van der Waals surface area contributed by atoms with Gasteiger partial charge in [0.2, 0.25) is 0 Å². The second-order valence-corrected chi connectivity index (χ2v) is 6.17. The van der Waals surface area contributed by atoms with Gasteiger partial charge in [-0.3, -0.25) is 9.59 Å². The Bertz CT molecular complexity index is 983. The number of carbonyl (C=O) groups excluding carboxylic acids is 1. The lowest BCUT2D eigenvalue weighted by Gasteiger charge is -2.11. The van der Waals surface area contributed by atoms with Crippen LogP contribution in [0.3, 0.4) is 0 Å². The normalized spacial score (nSPS) is 10.4. The fraction of sp³-hybridized carbons (Fsp3) is 0.0909. The van der Waals surface area contributed by atoms with Gasteiger partial charge in [-0.2, -0.15) is 0 Å². The number of carboxylic acids is 1. The molecule has 0 aliphatic carbocycles. The van der Waals surface area contributed by atoms with E-state index in [1.807, 2.05) is 42.5 Å². The predicted octanol–water partition coefficient (Wildman–Crippen LogP) is 3.69. The Hall–Kier alpha value is -3.44. The molecule has 0 radical (unpaired) electrons. The second kappa shape index (κ2) is 8.29. The Morgan fingerprint density at radius 2 is 1.59 bits per heavy atom. The van der Waals surface area contributed by atoms with Crippen molar-refractivity contribution in [2.75, 3.05) is 5.32 Å². The quantitative estimate of drug-likeness (QED) is 0.625. The molecule has 0 aliphatic rings. The van der Waals surface area contributed by atoms with Crippen molar-refractivity contribution >= 4 is 17.6 Å². The molecule has 5 nitrogen and oxygen atoms in total. The lowest BCUT2D eigenvalue weighted by Crippen LogP contribution is -2.14. The molecule has 3 aromatic carbocycles. The van der Waals surface area contributed by atoms with Crippen LogP contribution in [0.25, 0.3) is 11.1 Å². The van der Waals surface area contributed by atoms with Crippen molar-refractivity contribution in [1.29, 1.82) is 0 Å². The van der Waals surface area contributed by atoms with Gasteiger partial charge in [0.15, 0.2) is 0 Å². The molecular formula is C22H20N2O3. The molecule has 0 bridgehead atoms. The van der Waals surface area contributed by atoms with Gasteiger partial charge >= 0.3 is 5.97 Å². The highest BCUT2D eigenvalue weighted by Crippen LogP contribution is 2.23. The molecule has 0 heterocycles. The summed E-state index contributed by atoms with van der Waals surface area (Å²) in [6, 6.07) is 22.1. The highest BCUT2D eigenvalue weighted by molar-refractivity contribution is 6.05. The summed E-state index contributed by atoms with van der Waals surface area (Å²) in [5.74, 6) is -1.23. The third kappa shape index (κ3) is 4.59. The molecular weight excluding hydrogens is 340 g/mol. The summed E-state index contributed by atoms with van der Waals surface area (Å²) >= 11 is 0. The number of nitrogens with two attached hydrogens (primary N) is 1. The van der Waals surface area contributed by atoms with Crippen LogP contribution in [0.4, 0.5) is 5.69 Å². The Labute approximate surface area is 157 Å². The van der Waals surface area contributed by atoms with Gasteiger partial charge in [-0.05, 0) is 46.5 Å². The maximum atomic E-state index is 12.7. The standard InChI is InChI=1S/C22H20N2O3/c23-14-15-5-3-7-16(11-15)17-8-4-9-19(12-17)22(27)24-20-10-2-1-6-18(20)13-21(25)26/h1-12H,13-14,23H2,(H,24,27)(H,25,26). The van der Waals surface area contributed by atoms with Crippen LogP contribution >= 0.6 is 0 Å². The zero-order chi connectivity index (χ0) is 19.2. The number of nitrogens with one attached hydrogen (secondary N) is 1. The summed E-state index contributed by atoms with van der Waals surface area (Å²) in [5.41, 5.74) is 10.2. The van der Waals surface area contributed by atoms with Crippen LogP contribution in [-0.2, 0) is 17.8 Å². The van der Waals surface area contributed by atoms with E-state index in [-0.39, 0.29) is 12.3 Å². The number of rotatable bonds is 6. The van der Waals surface area contributed by atoms with E-state index in [1.165, 1.54) is 0 Å². The van der Waals surface area contributed by atoms with Crippen LogP contribution in [0, 0.1) is 0 Å². The van der Waals surface area contributed by atoms with Crippen LogP contribution in [0.15, 0.2) is 72.8 Å². The minimum Gasteiger partial charge on any atom is -0.481 e. The summed E-state index contributed by atoms with van der Waals surface area (Å²) in [7, 11) is 0. The molecule has 3 rings (SSSR count). The summed E-state index contributed by atoms with van der Waals surface area (Å²) in [5, 5.41) is 11.8. The summed E-state index contributed by atoms with van der Waals surface area (Å²) in [6.07, 6.45) is -0.150. The number of carboxylic acid groups (broad SMARTS) is 1. The van der Waals surface area contributed by atoms with Gasteiger partial charge in [0.05, 0.1) is 6.42 Å². The third-order valence-corrected chi connectivity index (χ3v) is 4.23. The van der Waals surface area contributed by atoms with Crippen molar-refractivity contribution in [1.82, 2.24) is 0 Å². The lowest BCUT2D eigenvalue weighted by molar-refractivity contribution is -0.136. The first kappa shape index (κ1) is 18.4. The van der Waals surface area contributed by atoms with E-state index in [9.17, 15) is 9.59 Å². The van der Waals surface area contributed by atoms with Gasteiger partial charge in [0.1, 0.15) is 0 Å². The van der Waals surface area contributed by atoms with Crippen LogP contribution in [-0.4, -0.2) is 17.0 Å². The first-order valence-electron chi connectivity index (χ1n) is 8.57. The fourth-order valence-corrected chi connectivity index (χ4v) is 2.87. The molecule has 27 heavy (non-hydrogen) atoms. The van der Waals surface area contributed by atoms with Crippen LogP contribution < -0.4 is 11.1 Å². The number of amides is 1. The zero-order valence-electron chi connectivity index (χ0n) is 14.7. The molecule has 0 saturated carbocycles. The number of hydrogen-bond donors (Lipinski definition) is 3. The SMILES string of the molecule is NCc1cccc(-c2cccc(C(=O)Nc3ccccc3CC(=O)O)c2)c1. The Balaban J connectivity index is 1.85. The van der Waals surface area contributed by atoms with Crippen molar-refractivity contribution in [2.24, 2.45) is 5.73 Å². The second-order valence-electron chi connectivity index (χ2n) is 6.17. The van der Waals surface area contributed by atoms with Gasteiger partial charge in [0, 0.05) is 17.8 Å². The van der Waals surface area contributed by atoms with E-state index < -0.39 is 5.97 Å². The minimum absolute atomic E-state index is 0.150. The van der Waals surface area contributed by atoms with E-state index >= 15 is 0 Å². The molecule has 0 spiro atoms. The van der Waals surface area contributed by atoms with Crippen LogP contribution in [0.1, 0.15) is 21.5 Å². The molecule has 0 fully saturated rings. The summed E-state index contributed by atoms with van der Waals surface area (Å²) in [6.45, 7) is 0.453. The largest absolute Gasteiger partial charge is 0.481 e. The predicted molar refractivity (Wildman–Crippen MR) is 106 cm³/mol. The van der Waals surface area contributed by atoms with Crippen LogP contribution in [0.2, 0.25) is 0 Å². The van der Waals surface area contributed by atoms with Crippen molar-refractivity contribution in [2.45, 2.75) is 13.0 Å². The van der Waals surface area contributed by atoms with E-state index in [2.05, 4.69) is 5.32 Å². The molecule has 3 aromatic rings. The van der Waals surface area contributed by atoms with Gasteiger partial charge in [-0.1, -0.05) is 48.5 Å². The van der Waals surface area contributed by atoms with Gasteiger partial charge in [0.25, 0.3) is 5.91 Å². The summed E-state index contributed by atoms with van der Waals surface area (Å²) in [4.78, 5) is 23.7. The highest BCUT2D eigenvalue weighted by atomic mass is 16.4. The molecule has 0 atom stereocenters. The third-order valence-electron chi connectivity index (χ3n) is 4.23. The zero-order valence-corrected chi connectivity index (χ0v) is 14.7. The van der Waals surface area contributed by atoms with E-state index in [0.29, 0.717) is 23.4 Å². The molecule has 136 valence electrons. The van der Waals surface area contributed by atoms with Gasteiger partial charge in [-0.15, -0.1) is 0 Å². The van der Waals surface area contributed by atoms with Gasteiger partial charge < -0.3 is 16.2 Å². The molecule has 5 heteroatoms. The topological polar surface area (TPSA) is 92.4 Å². The molecule has 0 aliphatic heterocycles. The maximum Gasteiger partial charge on any atom is 0.307 e. The van der Waals surface area contributed by atoms with E-state index in [4.69, 9.17) is 10.8 Å². The number of carbonyl (C=O) groups is 2. The smallest absolute Gasteiger partial charge is 0.307 e. The van der Waals surface area contributed by atoms with E-state index in [0.717, 1.165) is 16.7 Å². The number of hydrogen-bond acceptors (Lipinski definition) is 3. The first-order chi connectivity index (χ1) is 13.1. The number of para-hydroxylation sites is 1.